The maximum atomic E-state index is 9.12. The fraction of sp³-hybridized carbons (Fsp3) is 0.385. The summed E-state index contributed by atoms with van der Waals surface area (Å²) in [7, 11) is 4.09. The smallest absolute Gasteiger partial charge is 0.0457 e. The molecule has 1 heterocycles. The van der Waals surface area contributed by atoms with Gasteiger partial charge in [0.25, 0.3) is 0 Å². The lowest BCUT2D eigenvalue weighted by molar-refractivity contribution is 0.211. The molecule has 0 aliphatic rings. The number of hydrogen-bond donors (Lipinski definition) is 2. The summed E-state index contributed by atoms with van der Waals surface area (Å²) in [6, 6.07) is 8.53. The first-order valence-corrected chi connectivity index (χ1v) is 5.57. The van der Waals surface area contributed by atoms with Crippen LogP contribution in [0.3, 0.4) is 0 Å². The van der Waals surface area contributed by atoms with Gasteiger partial charge in [-0.15, -0.1) is 0 Å². The molecular weight excluding hydrogens is 200 g/mol. The van der Waals surface area contributed by atoms with E-state index in [0.717, 1.165) is 11.9 Å². The van der Waals surface area contributed by atoms with Crippen LogP contribution in [0, 0.1) is 0 Å². The number of rotatable bonds is 4. The lowest BCUT2D eigenvalue weighted by Gasteiger charge is -2.23. The van der Waals surface area contributed by atoms with E-state index in [2.05, 4.69) is 22.0 Å². The summed E-state index contributed by atoms with van der Waals surface area (Å²) in [4.78, 5) is 5.42. The van der Waals surface area contributed by atoms with E-state index < -0.39 is 0 Å². The number of nitrogens with one attached hydrogen (secondary N) is 1. The molecule has 0 saturated carbocycles. The lowest BCUT2D eigenvalue weighted by Crippen LogP contribution is -2.20. The molecule has 2 rings (SSSR count). The van der Waals surface area contributed by atoms with Gasteiger partial charge in [-0.1, -0.05) is 18.2 Å². The topological polar surface area (TPSA) is 39.3 Å². The third kappa shape index (κ3) is 1.96. The SMILES string of the molecule is CN(C)C(CCO)c1c[nH]c2ccccc12. The van der Waals surface area contributed by atoms with Crippen molar-refractivity contribution in [1.82, 2.24) is 9.88 Å². The molecule has 3 heteroatoms. The van der Waals surface area contributed by atoms with Crippen molar-refractivity contribution in [1.29, 1.82) is 0 Å². The standard InChI is InChI=1S/C13H18N2O/c1-15(2)13(7-8-16)11-9-14-12-6-4-3-5-10(11)12/h3-6,9,13-14,16H,7-8H2,1-2H3. The number of fused-ring (bicyclic) bond motifs is 1. The fourth-order valence-corrected chi connectivity index (χ4v) is 2.18. The molecule has 0 bridgehead atoms. The normalized spacial score (nSPS) is 13.5. The van der Waals surface area contributed by atoms with E-state index in [4.69, 9.17) is 5.11 Å². The maximum Gasteiger partial charge on any atom is 0.0457 e. The van der Waals surface area contributed by atoms with Gasteiger partial charge in [-0.05, 0) is 32.1 Å². The van der Waals surface area contributed by atoms with Crippen molar-refractivity contribution in [3.63, 3.8) is 0 Å². The Kier molecular flexibility index (Phi) is 3.27. The quantitative estimate of drug-likeness (QED) is 0.825. The molecule has 86 valence electrons. The first kappa shape index (κ1) is 11.2. The van der Waals surface area contributed by atoms with Gasteiger partial charge < -0.3 is 15.0 Å². The Bertz CT molecular complexity index is 462. The number of hydrogen-bond acceptors (Lipinski definition) is 2. The Morgan fingerprint density at radius 1 is 1.31 bits per heavy atom. The number of aliphatic hydroxyl groups is 1. The van der Waals surface area contributed by atoms with Crippen LogP contribution in [0.2, 0.25) is 0 Å². The molecule has 0 fully saturated rings. The first-order chi connectivity index (χ1) is 7.74. The Morgan fingerprint density at radius 2 is 2.06 bits per heavy atom. The van der Waals surface area contributed by atoms with Crippen LogP contribution in [0.5, 0.6) is 0 Å². The molecule has 2 aromatic rings. The van der Waals surface area contributed by atoms with E-state index in [0.29, 0.717) is 0 Å². The highest BCUT2D eigenvalue weighted by Gasteiger charge is 2.16. The summed E-state index contributed by atoms with van der Waals surface area (Å²) in [5, 5.41) is 10.4. The zero-order chi connectivity index (χ0) is 11.5. The Morgan fingerprint density at radius 3 is 2.75 bits per heavy atom. The minimum atomic E-state index is 0.211. The highest BCUT2D eigenvalue weighted by molar-refractivity contribution is 5.83. The largest absolute Gasteiger partial charge is 0.396 e. The molecule has 0 aliphatic carbocycles. The van der Waals surface area contributed by atoms with Gasteiger partial charge in [-0.25, -0.2) is 0 Å². The molecule has 0 aliphatic heterocycles. The van der Waals surface area contributed by atoms with Gasteiger partial charge >= 0.3 is 0 Å². The predicted molar refractivity (Wildman–Crippen MR) is 66.4 cm³/mol. The van der Waals surface area contributed by atoms with Crippen molar-refractivity contribution >= 4 is 10.9 Å². The summed E-state index contributed by atoms with van der Waals surface area (Å²) in [6.07, 6.45) is 2.81. The number of aromatic nitrogens is 1. The summed E-state index contributed by atoms with van der Waals surface area (Å²) in [5.41, 5.74) is 2.41. The molecule has 1 aromatic heterocycles. The molecular formula is C13H18N2O. The number of para-hydroxylation sites is 1. The highest BCUT2D eigenvalue weighted by Crippen LogP contribution is 2.28. The van der Waals surface area contributed by atoms with Crippen LogP contribution in [0.1, 0.15) is 18.0 Å². The van der Waals surface area contributed by atoms with Crippen LogP contribution in [-0.4, -0.2) is 35.7 Å². The van der Waals surface area contributed by atoms with Gasteiger partial charge in [0.2, 0.25) is 0 Å². The zero-order valence-corrected chi connectivity index (χ0v) is 9.77. The van der Waals surface area contributed by atoms with Crippen molar-refractivity contribution in [3.05, 3.63) is 36.0 Å². The van der Waals surface area contributed by atoms with Crippen molar-refractivity contribution in [2.75, 3.05) is 20.7 Å². The van der Waals surface area contributed by atoms with Crippen LogP contribution in [0.4, 0.5) is 0 Å². The van der Waals surface area contributed by atoms with Crippen LogP contribution in [0.25, 0.3) is 10.9 Å². The molecule has 0 amide bonds. The van der Waals surface area contributed by atoms with E-state index in [9.17, 15) is 0 Å². The van der Waals surface area contributed by atoms with Crippen LogP contribution in [-0.2, 0) is 0 Å². The van der Waals surface area contributed by atoms with Gasteiger partial charge in [0.05, 0.1) is 0 Å². The third-order valence-electron chi connectivity index (χ3n) is 3.01. The van der Waals surface area contributed by atoms with Gasteiger partial charge in [-0.3, -0.25) is 0 Å². The minimum absolute atomic E-state index is 0.211. The van der Waals surface area contributed by atoms with E-state index in [1.807, 2.05) is 32.4 Å². The van der Waals surface area contributed by atoms with Crippen LogP contribution in [0.15, 0.2) is 30.5 Å². The third-order valence-corrected chi connectivity index (χ3v) is 3.01. The molecule has 2 N–H and O–H groups in total. The molecule has 1 unspecified atom stereocenters. The Balaban J connectivity index is 2.44. The van der Waals surface area contributed by atoms with E-state index in [1.165, 1.54) is 10.9 Å². The van der Waals surface area contributed by atoms with Gasteiger partial charge in [-0.2, -0.15) is 0 Å². The summed E-state index contributed by atoms with van der Waals surface area (Å²) >= 11 is 0. The monoisotopic (exact) mass is 218 g/mol. The lowest BCUT2D eigenvalue weighted by atomic mass is 10.0. The molecule has 0 saturated heterocycles. The number of aromatic amines is 1. The summed E-state index contributed by atoms with van der Waals surface area (Å²) in [6.45, 7) is 0.211. The van der Waals surface area contributed by atoms with E-state index in [1.54, 1.807) is 0 Å². The van der Waals surface area contributed by atoms with E-state index in [-0.39, 0.29) is 12.6 Å². The molecule has 16 heavy (non-hydrogen) atoms. The molecule has 1 aromatic carbocycles. The molecule has 0 spiro atoms. The number of benzene rings is 1. The number of H-pyrrole nitrogens is 1. The number of aliphatic hydroxyl groups excluding tert-OH is 1. The van der Waals surface area contributed by atoms with Crippen molar-refractivity contribution in [3.8, 4) is 0 Å². The molecule has 1 atom stereocenters. The van der Waals surface area contributed by atoms with Gasteiger partial charge in [0, 0.05) is 29.7 Å². The molecule has 0 radical (unpaired) electrons. The predicted octanol–water partition coefficient (Wildman–Crippen LogP) is 2.15. The summed E-state index contributed by atoms with van der Waals surface area (Å²) < 4.78 is 0. The minimum Gasteiger partial charge on any atom is -0.396 e. The number of nitrogens with zero attached hydrogens (tertiary/aromatic N) is 1. The molecule has 3 nitrogen and oxygen atoms in total. The zero-order valence-electron chi connectivity index (χ0n) is 9.77. The van der Waals surface area contributed by atoms with Gasteiger partial charge in [0.15, 0.2) is 0 Å². The summed E-state index contributed by atoms with van der Waals surface area (Å²) in [5.74, 6) is 0. The second-order valence-electron chi connectivity index (χ2n) is 4.28. The van der Waals surface area contributed by atoms with Crippen molar-refractivity contribution in [2.45, 2.75) is 12.5 Å². The van der Waals surface area contributed by atoms with Crippen molar-refractivity contribution in [2.24, 2.45) is 0 Å². The first-order valence-electron chi connectivity index (χ1n) is 5.57. The fourth-order valence-electron chi connectivity index (χ4n) is 2.18. The second kappa shape index (κ2) is 4.68. The maximum absolute atomic E-state index is 9.12. The average molecular weight is 218 g/mol. The average Bonchev–Trinajstić information content (AvgIpc) is 2.69. The van der Waals surface area contributed by atoms with Crippen molar-refractivity contribution < 1.29 is 5.11 Å². The Labute approximate surface area is 95.7 Å². The van der Waals surface area contributed by atoms with Crippen LogP contribution >= 0.6 is 0 Å². The van der Waals surface area contributed by atoms with Gasteiger partial charge in [0.1, 0.15) is 0 Å². The van der Waals surface area contributed by atoms with E-state index >= 15 is 0 Å². The Hall–Kier alpha value is -1.32. The van der Waals surface area contributed by atoms with Crippen LogP contribution < -0.4 is 0 Å². The highest BCUT2D eigenvalue weighted by atomic mass is 16.3. The second-order valence-corrected chi connectivity index (χ2v) is 4.28.